The molecule has 21 heavy (non-hydrogen) atoms. The van der Waals surface area contributed by atoms with E-state index < -0.39 is 0 Å². The van der Waals surface area contributed by atoms with Crippen LogP contribution in [0.5, 0.6) is 5.75 Å². The van der Waals surface area contributed by atoms with Crippen LogP contribution in [-0.2, 0) is 16.0 Å². The fraction of sp³-hybridized carbons (Fsp3) is 0.562. The van der Waals surface area contributed by atoms with Crippen LogP contribution in [0.25, 0.3) is 0 Å². The van der Waals surface area contributed by atoms with Gasteiger partial charge >= 0.3 is 0 Å². The molecule has 1 heterocycles. The molecule has 5 nitrogen and oxygen atoms in total. The number of morpholine rings is 1. The van der Waals surface area contributed by atoms with Crippen molar-refractivity contribution in [2.45, 2.75) is 38.9 Å². The van der Waals surface area contributed by atoms with Crippen molar-refractivity contribution >= 4 is 11.6 Å². The molecule has 0 radical (unpaired) electrons. The number of methoxy groups -OCH3 is 1. The van der Waals surface area contributed by atoms with Crippen LogP contribution in [0.2, 0.25) is 0 Å². The van der Waals surface area contributed by atoms with Crippen LogP contribution < -0.4 is 10.5 Å². The fourth-order valence-corrected chi connectivity index (χ4v) is 2.73. The summed E-state index contributed by atoms with van der Waals surface area (Å²) in [6, 6.07) is 5.66. The number of amides is 1. The second-order valence-electron chi connectivity index (χ2n) is 5.63. The van der Waals surface area contributed by atoms with Crippen LogP contribution in [0, 0.1) is 0 Å². The van der Waals surface area contributed by atoms with Crippen LogP contribution in [0.4, 0.5) is 5.69 Å². The number of carbonyl (C=O) groups is 1. The van der Waals surface area contributed by atoms with E-state index in [1.807, 2.05) is 36.9 Å². The molecule has 1 amide bonds. The first-order valence-electron chi connectivity index (χ1n) is 7.35. The first-order chi connectivity index (χ1) is 9.99. The quantitative estimate of drug-likeness (QED) is 0.860. The molecule has 2 atom stereocenters. The van der Waals surface area contributed by atoms with Gasteiger partial charge in [0.25, 0.3) is 0 Å². The lowest BCUT2D eigenvalue weighted by Crippen LogP contribution is -2.48. The van der Waals surface area contributed by atoms with Gasteiger partial charge in [-0.3, -0.25) is 4.79 Å². The van der Waals surface area contributed by atoms with Gasteiger partial charge in [-0.25, -0.2) is 0 Å². The summed E-state index contributed by atoms with van der Waals surface area (Å²) in [5, 5.41) is 0. The first kappa shape index (κ1) is 15.6. The van der Waals surface area contributed by atoms with Crippen LogP contribution >= 0.6 is 0 Å². The molecule has 2 unspecified atom stereocenters. The highest BCUT2D eigenvalue weighted by Crippen LogP contribution is 2.22. The van der Waals surface area contributed by atoms with Crippen LogP contribution in [0.3, 0.4) is 0 Å². The highest BCUT2D eigenvalue weighted by Gasteiger charge is 2.25. The van der Waals surface area contributed by atoms with Gasteiger partial charge in [0, 0.05) is 19.5 Å². The number of nitrogen functional groups attached to an aromatic ring is 1. The molecule has 5 heteroatoms. The van der Waals surface area contributed by atoms with E-state index in [0.717, 1.165) is 5.56 Å². The van der Waals surface area contributed by atoms with Gasteiger partial charge in [0.15, 0.2) is 0 Å². The maximum atomic E-state index is 12.3. The summed E-state index contributed by atoms with van der Waals surface area (Å²) in [7, 11) is 1.59. The Labute approximate surface area is 126 Å². The maximum Gasteiger partial charge on any atom is 0.223 e. The van der Waals surface area contributed by atoms with Crippen molar-refractivity contribution in [1.82, 2.24) is 4.90 Å². The number of rotatable bonds is 4. The summed E-state index contributed by atoms with van der Waals surface area (Å²) in [5.74, 6) is 0.840. The summed E-state index contributed by atoms with van der Waals surface area (Å²) in [4.78, 5) is 14.2. The summed E-state index contributed by atoms with van der Waals surface area (Å²) in [6.07, 6.45) is 1.39. The van der Waals surface area contributed by atoms with Gasteiger partial charge < -0.3 is 20.1 Å². The Balaban J connectivity index is 1.90. The van der Waals surface area contributed by atoms with Gasteiger partial charge in [-0.2, -0.15) is 0 Å². The average Bonchev–Trinajstić information content (AvgIpc) is 2.43. The van der Waals surface area contributed by atoms with E-state index in [2.05, 4.69) is 0 Å². The minimum absolute atomic E-state index is 0.106. The second-order valence-corrected chi connectivity index (χ2v) is 5.63. The predicted octanol–water partition coefficient (Wildman–Crippen LogP) is 1.85. The van der Waals surface area contributed by atoms with Gasteiger partial charge in [-0.05, 0) is 38.0 Å². The number of ether oxygens (including phenoxy) is 2. The zero-order valence-electron chi connectivity index (χ0n) is 13.0. The molecule has 0 aromatic heterocycles. The zero-order chi connectivity index (χ0) is 15.4. The zero-order valence-corrected chi connectivity index (χ0v) is 13.0. The minimum Gasteiger partial charge on any atom is -0.495 e. The summed E-state index contributed by atoms with van der Waals surface area (Å²) in [6.45, 7) is 5.35. The first-order valence-corrected chi connectivity index (χ1v) is 7.35. The molecule has 2 rings (SSSR count). The van der Waals surface area contributed by atoms with E-state index in [0.29, 0.717) is 37.4 Å². The van der Waals surface area contributed by atoms with Crippen molar-refractivity contribution in [3.63, 3.8) is 0 Å². The number of hydrogen-bond acceptors (Lipinski definition) is 4. The molecule has 0 saturated carbocycles. The molecule has 1 fully saturated rings. The largest absolute Gasteiger partial charge is 0.495 e. The molecule has 1 aliphatic rings. The Kier molecular flexibility index (Phi) is 5.07. The number of nitrogens with zero attached hydrogens (tertiary/aromatic N) is 1. The molecule has 1 aromatic carbocycles. The van der Waals surface area contributed by atoms with Crippen molar-refractivity contribution < 1.29 is 14.3 Å². The Morgan fingerprint density at radius 3 is 2.62 bits per heavy atom. The number of carbonyl (C=O) groups excluding carboxylic acids is 1. The molecule has 0 aliphatic carbocycles. The van der Waals surface area contributed by atoms with Crippen molar-refractivity contribution in [1.29, 1.82) is 0 Å². The van der Waals surface area contributed by atoms with Gasteiger partial charge in [0.05, 0.1) is 25.0 Å². The van der Waals surface area contributed by atoms with Crippen molar-refractivity contribution in [3.05, 3.63) is 23.8 Å². The Hall–Kier alpha value is -1.75. The Morgan fingerprint density at radius 2 is 2.05 bits per heavy atom. The van der Waals surface area contributed by atoms with Gasteiger partial charge in [0.2, 0.25) is 5.91 Å². The summed E-state index contributed by atoms with van der Waals surface area (Å²) in [5.41, 5.74) is 7.54. The SMILES string of the molecule is COc1ccc(CCC(=O)N2CC(C)OC(C)C2)cc1N. The second kappa shape index (κ2) is 6.80. The Bertz CT molecular complexity index is 494. The topological polar surface area (TPSA) is 64.8 Å². The summed E-state index contributed by atoms with van der Waals surface area (Å²) < 4.78 is 10.8. The normalized spacial score (nSPS) is 22.1. The monoisotopic (exact) mass is 292 g/mol. The summed E-state index contributed by atoms with van der Waals surface area (Å²) >= 11 is 0. The third-order valence-electron chi connectivity index (χ3n) is 3.69. The maximum absolute atomic E-state index is 12.3. The molecule has 116 valence electrons. The third kappa shape index (κ3) is 4.11. The lowest BCUT2D eigenvalue weighted by molar-refractivity contribution is -0.143. The van der Waals surface area contributed by atoms with Crippen molar-refractivity contribution in [2.75, 3.05) is 25.9 Å². The number of aryl methyl sites for hydroxylation is 1. The van der Waals surface area contributed by atoms with Crippen molar-refractivity contribution in [3.8, 4) is 5.75 Å². The highest BCUT2D eigenvalue weighted by molar-refractivity contribution is 5.76. The van der Waals surface area contributed by atoms with Crippen LogP contribution in [-0.4, -0.2) is 43.2 Å². The smallest absolute Gasteiger partial charge is 0.223 e. The van der Waals surface area contributed by atoms with Crippen LogP contribution in [0.1, 0.15) is 25.8 Å². The van der Waals surface area contributed by atoms with E-state index in [9.17, 15) is 4.79 Å². The molecule has 1 aromatic rings. The third-order valence-corrected chi connectivity index (χ3v) is 3.69. The number of hydrogen-bond donors (Lipinski definition) is 1. The molecule has 1 aliphatic heterocycles. The molecule has 1 saturated heterocycles. The lowest BCUT2D eigenvalue weighted by Gasteiger charge is -2.35. The van der Waals surface area contributed by atoms with Gasteiger partial charge in [-0.15, -0.1) is 0 Å². The standard InChI is InChI=1S/C16H24N2O3/c1-11-9-18(10-12(2)21-11)16(19)7-5-13-4-6-15(20-3)14(17)8-13/h4,6,8,11-12H,5,7,9-10,17H2,1-3H3. The minimum atomic E-state index is 0.106. The highest BCUT2D eigenvalue weighted by atomic mass is 16.5. The lowest BCUT2D eigenvalue weighted by atomic mass is 10.1. The number of anilines is 1. The molecule has 2 N–H and O–H groups in total. The number of nitrogens with two attached hydrogens (primary N) is 1. The molecule has 0 bridgehead atoms. The van der Waals surface area contributed by atoms with E-state index in [4.69, 9.17) is 15.2 Å². The van der Waals surface area contributed by atoms with Gasteiger partial charge in [-0.1, -0.05) is 6.07 Å². The van der Waals surface area contributed by atoms with Crippen molar-refractivity contribution in [2.24, 2.45) is 0 Å². The Morgan fingerprint density at radius 1 is 1.38 bits per heavy atom. The van der Waals surface area contributed by atoms with E-state index >= 15 is 0 Å². The van der Waals surface area contributed by atoms with Gasteiger partial charge in [0.1, 0.15) is 5.75 Å². The molecular weight excluding hydrogens is 268 g/mol. The molecular formula is C16H24N2O3. The fourth-order valence-electron chi connectivity index (χ4n) is 2.73. The van der Waals surface area contributed by atoms with E-state index in [-0.39, 0.29) is 18.1 Å². The molecule has 0 spiro atoms. The van der Waals surface area contributed by atoms with Crippen LogP contribution in [0.15, 0.2) is 18.2 Å². The predicted molar refractivity (Wildman–Crippen MR) is 82.3 cm³/mol. The number of benzene rings is 1. The van der Waals surface area contributed by atoms with E-state index in [1.54, 1.807) is 7.11 Å². The average molecular weight is 292 g/mol. The van der Waals surface area contributed by atoms with E-state index in [1.165, 1.54) is 0 Å².